The van der Waals surface area contributed by atoms with Gasteiger partial charge in [-0.15, -0.1) is 11.8 Å². The van der Waals surface area contributed by atoms with Crippen molar-refractivity contribution in [1.29, 1.82) is 0 Å². The summed E-state index contributed by atoms with van der Waals surface area (Å²) >= 11 is 1.41. The Balaban J connectivity index is 1.58. The van der Waals surface area contributed by atoms with E-state index in [9.17, 15) is 9.18 Å². The number of imidazole rings is 1. The molecule has 0 unspecified atom stereocenters. The van der Waals surface area contributed by atoms with Crippen LogP contribution in [0.5, 0.6) is 5.75 Å². The van der Waals surface area contributed by atoms with Crippen molar-refractivity contribution in [3.05, 3.63) is 66.5 Å². The van der Waals surface area contributed by atoms with Gasteiger partial charge in [-0.2, -0.15) is 0 Å². The highest BCUT2D eigenvalue weighted by molar-refractivity contribution is 8.00. The Morgan fingerprint density at radius 3 is 2.67 bits per heavy atom. The van der Waals surface area contributed by atoms with E-state index in [-0.39, 0.29) is 11.7 Å². The number of hydrogen-bond acceptors (Lipinski definition) is 4. The summed E-state index contributed by atoms with van der Waals surface area (Å²) in [5.41, 5.74) is 0.818. The normalized spacial score (nSPS) is 10.6. The number of carbonyl (C=O) groups excluding carboxylic acids is 1. The van der Waals surface area contributed by atoms with Gasteiger partial charge in [0.2, 0.25) is 5.91 Å². The molecule has 5 nitrogen and oxygen atoms in total. The van der Waals surface area contributed by atoms with Gasteiger partial charge in [0.15, 0.2) is 0 Å². The van der Waals surface area contributed by atoms with Crippen LogP contribution < -0.4 is 10.1 Å². The predicted molar refractivity (Wildman–Crippen MR) is 105 cm³/mol. The van der Waals surface area contributed by atoms with Crippen LogP contribution in [0.25, 0.3) is 5.69 Å². The van der Waals surface area contributed by atoms with Gasteiger partial charge in [0.1, 0.15) is 17.4 Å². The number of amides is 1. The summed E-state index contributed by atoms with van der Waals surface area (Å²) in [7, 11) is 0. The molecule has 1 N–H and O–H groups in total. The minimum Gasteiger partial charge on any atom is -0.494 e. The van der Waals surface area contributed by atoms with Crippen LogP contribution in [0.4, 0.5) is 10.1 Å². The van der Waals surface area contributed by atoms with E-state index < -0.39 is 5.82 Å². The number of ether oxygens (including phenoxy) is 1. The van der Waals surface area contributed by atoms with Gasteiger partial charge >= 0.3 is 0 Å². The van der Waals surface area contributed by atoms with Gasteiger partial charge in [0, 0.05) is 23.0 Å². The highest BCUT2D eigenvalue weighted by Crippen LogP contribution is 2.23. The minimum absolute atomic E-state index is 0.195. The largest absolute Gasteiger partial charge is 0.494 e. The molecule has 27 heavy (non-hydrogen) atoms. The number of nitrogens with zero attached hydrogens (tertiary/aromatic N) is 2. The molecular weight excluding hydrogens is 365 g/mol. The molecule has 0 aliphatic heterocycles. The number of halogens is 1. The van der Waals surface area contributed by atoms with Crippen molar-refractivity contribution in [3.63, 3.8) is 0 Å². The van der Waals surface area contributed by atoms with E-state index in [0.717, 1.165) is 10.6 Å². The van der Waals surface area contributed by atoms with E-state index in [0.29, 0.717) is 23.8 Å². The Bertz CT molecular complexity index is 925. The van der Waals surface area contributed by atoms with E-state index in [1.54, 1.807) is 36.0 Å². The molecular formula is C20H20FN3O2S. The van der Waals surface area contributed by atoms with E-state index in [1.807, 2.05) is 31.2 Å². The third kappa shape index (κ3) is 4.89. The number of thioether (sulfide) groups is 1. The number of nitrogens with one attached hydrogen (secondary N) is 1. The first-order valence-electron chi connectivity index (χ1n) is 8.52. The molecule has 0 fully saturated rings. The van der Waals surface area contributed by atoms with Crippen molar-refractivity contribution < 1.29 is 13.9 Å². The van der Waals surface area contributed by atoms with Gasteiger partial charge < -0.3 is 14.6 Å². The molecule has 0 aliphatic rings. The van der Waals surface area contributed by atoms with Gasteiger partial charge in [-0.25, -0.2) is 9.37 Å². The maximum atomic E-state index is 14.4. The van der Waals surface area contributed by atoms with Crippen LogP contribution in [-0.2, 0) is 4.79 Å². The minimum atomic E-state index is -0.423. The molecule has 0 atom stereocenters. The topological polar surface area (TPSA) is 56.1 Å². The van der Waals surface area contributed by atoms with Crippen LogP contribution in [0.1, 0.15) is 12.7 Å². The first kappa shape index (κ1) is 19.0. The summed E-state index contributed by atoms with van der Waals surface area (Å²) in [6.07, 6.45) is 3.31. The Morgan fingerprint density at radius 1 is 1.26 bits per heavy atom. The summed E-state index contributed by atoms with van der Waals surface area (Å²) in [6, 6.07) is 12.2. The van der Waals surface area contributed by atoms with Crippen molar-refractivity contribution >= 4 is 23.4 Å². The van der Waals surface area contributed by atoms with Gasteiger partial charge in [-0.05, 0) is 56.3 Å². The molecule has 0 saturated carbocycles. The van der Waals surface area contributed by atoms with Crippen LogP contribution in [0.2, 0.25) is 0 Å². The Hall–Kier alpha value is -2.80. The van der Waals surface area contributed by atoms with Crippen LogP contribution in [0, 0.1) is 12.7 Å². The number of aromatic nitrogens is 2. The van der Waals surface area contributed by atoms with E-state index in [2.05, 4.69) is 10.3 Å². The van der Waals surface area contributed by atoms with Crippen molar-refractivity contribution in [2.75, 3.05) is 17.7 Å². The number of benzene rings is 2. The van der Waals surface area contributed by atoms with Gasteiger partial charge in [0.25, 0.3) is 0 Å². The Kier molecular flexibility index (Phi) is 6.13. The molecule has 140 valence electrons. The Labute approximate surface area is 161 Å². The lowest BCUT2D eigenvalue weighted by Crippen LogP contribution is -2.14. The molecule has 0 radical (unpaired) electrons. The van der Waals surface area contributed by atoms with Crippen molar-refractivity contribution in [2.45, 2.75) is 18.7 Å². The fraction of sp³-hybridized carbons (Fsp3) is 0.200. The molecule has 1 amide bonds. The third-order valence-electron chi connectivity index (χ3n) is 3.82. The summed E-state index contributed by atoms with van der Waals surface area (Å²) < 4.78 is 21.4. The second-order valence-corrected chi connectivity index (χ2v) is 6.80. The number of carbonyl (C=O) groups is 1. The lowest BCUT2D eigenvalue weighted by molar-refractivity contribution is -0.113. The molecule has 3 aromatic rings. The molecule has 7 heteroatoms. The summed E-state index contributed by atoms with van der Waals surface area (Å²) in [4.78, 5) is 17.2. The number of anilines is 1. The lowest BCUT2D eigenvalue weighted by Gasteiger charge is -2.10. The molecule has 0 saturated heterocycles. The van der Waals surface area contributed by atoms with E-state index >= 15 is 0 Å². The molecule has 2 aromatic carbocycles. The molecule has 1 heterocycles. The smallest absolute Gasteiger partial charge is 0.234 e. The SMILES string of the molecule is CCOc1ccc(SCC(=O)Nc2ccc(-n3ccnc3C)c(F)c2)cc1. The fourth-order valence-electron chi connectivity index (χ4n) is 2.56. The highest BCUT2D eigenvalue weighted by atomic mass is 32.2. The molecule has 0 spiro atoms. The number of rotatable bonds is 7. The number of hydrogen-bond donors (Lipinski definition) is 1. The van der Waals surface area contributed by atoms with E-state index in [4.69, 9.17) is 4.74 Å². The third-order valence-corrected chi connectivity index (χ3v) is 4.83. The molecule has 0 aliphatic carbocycles. The molecule has 3 rings (SSSR count). The summed E-state index contributed by atoms with van der Waals surface area (Å²) in [6.45, 7) is 4.34. The second-order valence-electron chi connectivity index (χ2n) is 5.75. The van der Waals surface area contributed by atoms with E-state index in [1.165, 1.54) is 17.8 Å². The summed E-state index contributed by atoms with van der Waals surface area (Å²) in [5, 5.41) is 2.72. The second kappa shape index (κ2) is 8.73. The Morgan fingerprint density at radius 2 is 2.04 bits per heavy atom. The predicted octanol–water partition coefficient (Wildman–Crippen LogP) is 4.45. The zero-order chi connectivity index (χ0) is 19.2. The van der Waals surface area contributed by atoms with Gasteiger partial charge in [-0.1, -0.05) is 0 Å². The quantitative estimate of drug-likeness (QED) is 0.611. The van der Waals surface area contributed by atoms with Crippen molar-refractivity contribution in [1.82, 2.24) is 9.55 Å². The first-order valence-corrected chi connectivity index (χ1v) is 9.50. The summed E-state index contributed by atoms with van der Waals surface area (Å²) in [5.74, 6) is 1.11. The van der Waals surface area contributed by atoms with Crippen LogP contribution >= 0.6 is 11.8 Å². The van der Waals surface area contributed by atoms with Gasteiger partial charge in [0.05, 0.1) is 18.0 Å². The van der Waals surface area contributed by atoms with Crippen molar-refractivity contribution in [3.8, 4) is 11.4 Å². The maximum Gasteiger partial charge on any atom is 0.234 e. The molecule has 1 aromatic heterocycles. The molecule has 0 bridgehead atoms. The lowest BCUT2D eigenvalue weighted by atomic mass is 10.2. The fourth-order valence-corrected chi connectivity index (χ4v) is 3.26. The van der Waals surface area contributed by atoms with Crippen molar-refractivity contribution in [2.24, 2.45) is 0 Å². The van der Waals surface area contributed by atoms with Crippen LogP contribution in [0.3, 0.4) is 0 Å². The van der Waals surface area contributed by atoms with Crippen LogP contribution in [0.15, 0.2) is 59.8 Å². The van der Waals surface area contributed by atoms with Crippen LogP contribution in [-0.4, -0.2) is 27.8 Å². The standard InChI is InChI=1S/C20H20FN3O2S/c1-3-26-16-5-7-17(8-6-16)27-13-20(25)23-15-4-9-19(18(21)12-15)24-11-10-22-14(24)2/h4-12H,3,13H2,1-2H3,(H,23,25). The average Bonchev–Trinajstić information content (AvgIpc) is 3.07. The average molecular weight is 385 g/mol. The highest BCUT2D eigenvalue weighted by Gasteiger charge is 2.10. The monoisotopic (exact) mass is 385 g/mol. The zero-order valence-corrected chi connectivity index (χ0v) is 15.9. The zero-order valence-electron chi connectivity index (χ0n) is 15.1. The first-order chi connectivity index (χ1) is 13.1. The number of aryl methyl sites for hydroxylation is 1. The van der Waals surface area contributed by atoms with Gasteiger partial charge in [-0.3, -0.25) is 4.79 Å². The maximum absolute atomic E-state index is 14.4.